The van der Waals surface area contributed by atoms with Crippen molar-refractivity contribution in [2.24, 2.45) is 0 Å². The lowest BCUT2D eigenvalue weighted by Crippen LogP contribution is -2.56. The molecule has 0 spiro atoms. The van der Waals surface area contributed by atoms with Crippen LogP contribution in [0.2, 0.25) is 5.02 Å². The molecule has 0 amide bonds. The van der Waals surface area contributed by atoms with Gasteiger partial charge < -0.3 is 16.1 Å². The van der Waals surface area contributed by atoms with Gasteiger partial charge in [0.25, 0.3) is 5.56 Å². The van der Waals surface area contributed by atoms with Crippen LogP contribution in [0, 0.1) is 18.3 Å². The Morgan fingerprint density at radius 3 is 2.56 bits per heavy atom. The maximum absolute atomic E-state index is 13.6. The molecule has 14 heteroatoms. The number of hydrogen-bond acceptors (Lipinski definition) is 9. The summed E-state index contributed by atoms with van der Waals surface area (Å²) in [6.07, 6.45) is -4.31. The van der Waals surface area contributed by atoms with Crippen molar-refractivity contribution in [3.05, 3.63) is 50.7 Å². The van der Waals surface area contributed by atoms with Crippen LogP contribution in [0.15, 0.2) is 23.0 Å². The highest BCUT2D eigenvalue weighted by Crippen LogP contribution is 2.25. The van der Waals surface area contributed by atoms with E-state index in [4.69, 9.17) is 17.3 Å². The Kier molecular flexibility index (Phi) is 6.92. The van der Waals surface area contributed by atoms with Gasteiger partial charge in [0, 0.05) is 26.2 Å². The van der Waals surface area contributed by atoms with Crippen LogP contribution in [-0.4, -0.2) is 63.4 Å². The molecular weight excluding hydrogens is 499 g/mol. The zero-order valence-electron chi connectivity index (χ0n) is 19.5. The first-order valence-corrected chi connectivity index (χ1v) is 11.4. The molecule has 0 aliphatic carbocycles. The van der Waals surface area contributed by atoms with E-state index in [0.717, 1.165) is 0 Å². The van der Waals surface area contributed by atoms with E-state index in [2.05, 4.69) is 20.3 Å². The van der Waals surface area contributed by atoms with Gasteiger partial charge in [-0.15, -0.1) is 0 Å². The third kappa shape index (κ3) is 5.14. The molecule has 1 saturated heterocycles. The van der Waals surface area contributed by atoms with Gasteiger partial charge in [-0.3, -0.25) is 9.69 Å². The average Bonchev–Trinajstić information content (AvgIpc) is 2.78. The number of anilines is 2. The Labute approximate surface area is 209 Å². The molecule has 1 atom stereocenters. The molecular formula is C22H23ClF3N9O. The van der Waals surface area contributed by atoms with Crippen LogP contribution in [-0.2, 0) is 0 Å². The van der Waals surface area contributed by atoms with Crippen LogP contribution >= 0.6 is 11.6 Å². The van der Waals surface area contributed by atoms with Crippen molar-refractivity contribution in [1.82, 2.24) is 24.5 Å². The Morgan fingerprint density at radius 2 is 1.92 bits per heavy atom. The van der Waals surface area contributed by atoms with Gasteiger partial charge in [0.1, 0.15) is 17.5 Å². The summed E-state index contributed by atoms with van der Waals surface area (Å²) in [5, 5.41) is 14.7. The van der Waals surface area contributed by atoms with E-state index in [1.807, 2.05) is 6.07 Å². The summed E-state index contributed by atoms with van der Waals surface area (Å²) in [7, 11) is 0. The van der Waals surface area contributed by atoms with Crippen molar-refractivity contribution in [2.75, 3.05) is 48.8 Å². The van der Waals surface area contributed by atoms with E-state index in [1.54, 1.807) is 37.1 Å². The van der Waals surface area contributed by atoms with Gasteiger partial charge in [0.05, 0.1) is 34.2 Å². The minimum absolute atomic E-state index is 0.0300. The predicted octanol–water partition coefficient (Wildman–Crippen LogP) is 2.59. The zero-order chi connectivity index (χ0) is 26.2. The maximum Gasteiger partial charge on any atom is 0.401 e. The van der Waals surface area contributed by atoms with Gasteiger partial charge in [-0.05, 0) is 26.0 Å². The maximum atomic E-state index is 13.6. The number of benzene rings is 1. The van der Waals surface area contributed by atoms with Gasteiger partial charge >= 0.3 is 6.18 Å². The van der Waals surface area contributed by atoms with E-state index in [1.165, 1.54) is 9.58 Å². The normalized spacial score (nSPS) is 15.6. The molecule has 0 bridgehead atoms. The third-order valence-corrected chi connectivity index (χ3v) is 6.16. The van der Waals surface area contributed by atoms with Gasteiger partial charge in [0.15, 0.2) is 5.82 Å². The first-order valence-electron chi connectivity index (χ1n) is 11.0. The fraction of sp³-hybridized carbons (Fsp3) is 0.409. The second kappa shape index (κ2) is 9.79. The number of fused-ring (bicyclic) bond motifs is 1. The number of nitrogens with one attached hydrogen (secondary N) is 1. The Hall–Kier alpha value is -3.63. The van der Waals surface area contributed by atoms with Gasteiger partial charge in [-0.2, -0.15) is 23.4 Å². The smallest absolute Gasteiger partial charge is 0.368 e. The molecule has 1 fully saturated rings. The summed E-state index contributed by atoms with van der Waals surface area (Å²) in [5.41, 5.74) is 6.26. The van der Waals surface area contributed by atoms with Gasteiger partial charge in [0.2, 0.25) is 5.95 Å². The largest absolute Gasteiger partial charge is 0.401 e. The van der Waals surface area contributed by atoms with E-state index in [9.17, 15) is 23.2 Å². The summed E-state index contributed by atoms with van der Waals surface area (Å²) in [6.45, 7) is 2.87. The molecule has 0 unspecified atom stereocenters. The Bertz CT molecular complexity index is 1390. The van der Waals surface area contributed by atoms with E-state index in [0.29, 0.717) is 11.2 Å². The van der Waals surface area contributed by atoms with Crippen molar-refractivity contribution in [2.45, 2.75) is 26.1 Å². The molecule has 10 nitrogen and oxygen atoms in total. The molecule has 3 heterocycles. The lowest BCUT2D eigenvalue weighted by Gasteiger charge is -2.38. The monoisotopic (exact) mass is 521 g/mol. The topological polar surface area (TPSA) is 129 Å². The number of nitriles is 1. The molecule has 1 aliphatic rings. The van der Waals surface area contributed by atoms with Crippen molar-refractivity contribution in [3.8, 4) is 6.07 Å². The van der Waals surface area contributed by atoms with Crippen LogP contribution in [0.5, 0.6) is 0 Å². The molecule has 190 valence electrons. The van der Waals surface area contributed by atoms with Crippen molar-refractivity contribution < 1.29 is 13.2 Å². The first-order chi connectivity index (χ1) is 17.0. The second-order valence-electron chi connectivity index (χ2n) is 8.43. The molecule has 1 aromatic carbocycles. The zero-order valence-corrected chi connectivity index (χ0v) is 20.2. The highest BCUT2D eigenvalue weighted by atomic mass is 35.5. The fourth-order valence-corrected chi connectivity index (χ4v) is 4.45. The molecule has 1 aliphatic heterocycles. The van der Waals surface area contributed by atoms with Crippen LogP contribution in [0.1, 0.15) is 30.0 Å². The van der Waals surface area contributed by atoms with Gasteiger partial charge in [-0.1, -0.05) is 17.7 Å². The number of aromatic nitrogens is 4. The van der Waals surface area contributed by atoms with Crippen molar-refractivity contribution in [1.29, 1.82) is 5.26 Å². The standard InChI is InChI=1S/C22H23ClF3N9O/c1-12-14(10-27)18(32-21(28)30-12)29-13(2)19-31-16-5-3-4-15(23)17(16)20(36)35(19)34-8-6-33(7-9-34)11-22(24,25)26/h3-5,13H,6-9,11H2,1-2H3,(H3,28,29,30,32)/t13-/m0/s1. The Morgan fingerprint density at radius 1 is 1.22 bits per heavy atom. The molecule has 4 rings (SSSR count). The van der Waals surface area contributed by atoms with Crippen LogP contribution in [0.3, 0.4) is 0 Å². The summed E-state index contributed by atoms with van der Waals surface area (Å²) < 4.78 is 39.9. The number of alkyl halides is 3. The van der Waals surface area contributed by atoms with E-state index >= 15 is 0 Å². The summed E-state index contributed by atoms with van der Waals surface area (Å²) >= 11 is 6.32. The SMILES string of the molecule is Cc1nc(N)nc(N[C@@H](C)c2nc3cccc(Cl)c3c(=O)n2N2CCN(CC(F)(F)F)CC2)c1C#N. The molecule has 3 aromatic rings. The first kappa shape index (κ1) is 25.5. The number of hydrogen-bond donors (Lipinski definition) is 2. The van der Waals surface area contributed by atoms with Crippen molar-refractivity contribution in [3.63, 3.8) is 0 Å². The molecule has 2 aromatic heterocycles. The average molecular weight is 522 g/mol. The lowest BCUT2D eigenvalue weighted by molar-refractivity contribution is -0.146. The van der Waals surface area contributed by atoms with Crippen LogP contribution in [0.4, 0.5) is 24.9 Å². The summed E-state index contributed by atoms with van der Waals surface area (Å²) in [5.74, 6) is 0.424. The van der Waals surface area contributed by atoms with E-state index < -0.39 is 24.3 Å². The number of nitrogens with two attached hydrogens (primary N) is 1. The van der Waals surface area contributed by atoms with Crippen molar-refractivity contribution >= 4 is 34.3 Å². The van der Waals surface area contributed by atoms with Crippen LogP contribution in [0.25, 0.3) is 10.9 Å². The number of nitrogens with zero attached hydrogens (tertiary/aromatic N) is 7. The third-order valence-electron chi connectivity index (χ3n) is 5.84. The summed E-state index contributed by atoms with van der Waals surface area (Å²) in [6, 6.07) is 6.28. The van der Waals surface area contributed by atoms with E-state index in [-0.39, 0.29) is 59.7 Å². The lowest BCUT2D eigenvalue weighted by atomic mass is 10.2. The highest BCUT2D eigenvalue weighted by molar-refractivity contribution is 6.35. The van der Waals surface area contributed by atoms with Crippen LogP contribution < -0.4 is 21.6 Å². The molecule has 0 radical (unpaired) electrons. The minimum atomic E-state index is -4.31. The number of aryl methyl sites for hydroxylation is 1. The minimum Gasteiger partial charge on any atom is -0.368 e. The number of halogens is 4. The molecule has 0 saturated carbocycles. The fourth-order valence-electron chi connectivity index (χ4n) is 4.20. The number of nitrogen functional groups attached to an aromatic ring is 1. The number of piperazine rings is 1. The summed E-state index contributed by atoms with van der Waals surface area (Å²) in [4.78, 5) is 27.7. The second-order valence-corrected chi connectivity index (χ2v) is 8.84. The molecule has 36 heavy (non-hydrogen) atoms. The Balaban J connectivity index is 1.76. The highest BCUT2D eigenvalue weighted by Gasteiger charge is 2.33. The van der Waals surface area contributed by atoms with Gasteiger partial charge in [-0.25, -0.2) is 14.6 Å². The molecule has 3 N–H and O–H groups in total. The quantitative estimate of drug-likeness (QED) is 0.520. The number of rotatable bonds is 5. The predicted molar refractivity (Wildman–Crippen MR) is 129 cm³/mol.